The van der Waals surface area contributed by atoms with Crippen molar-refractivity contribution in [2.75, 3.05) is 0 Å². The van der Waals surface area contributed by atoms with E-state index in [0.29, 0.717) is 11.4 Å². The van der Waals surface area contributed by atoms with E-state index in [1.165, 1.54) is 6.21 Å². The van der Waals surface area contributed by atoms with Crippen LogP contribution in [0.25, 0.3) is 17.1 Å². The average molecular weight is 241 g/mol. The summed E-state index contributed by atoms with van der Waals surface area (Å²) in [6.45, 7) is 1.96. The molecule has 90 valence electrons. The van der Waals surface area contributed by atoms with Gasteiger partial charge in [0.05, 0.1) is 17.6 Å². The normalized spacial score (nSPS) is 18.1. The fraction of sp³-hybridized carbons (Fsp3) is 0.0833. The molecule has 3 heterocycles. The number of aromatic amines is 1. The van der Waals surface area contributed by atoms with Gasteiger partial charge in [-0.05, 0) is 30.7 Å². The lowest BCUT2D eigenvalue weighted by Gasteiger charge is -2.14. The highest BCUT2D eigenvalue weighted by Crippen LogP contribution is 2.18. The van der Waals surface area contributed by atoms with Crippen molar-refractivity contribution in [2.24, 2.45) is 5.10 Å². The van der Waals surface area contributed by atoms with Gasteiger partial charge in [0.25, 0.3) is 0 Å². The molecule has 6 nitrogen and oxygen atoms in total. The number of pyridine rings is 1. The molecule has 1 aliphatic heterocycles. The zero-order chi connectivity index (χ0) is 12.5. The van der Waals surface area contributed by atoms with E-state index in [1.54, 1.807) is 12.3 Å². The number of nitrogens with zero attached hydrogens (tertiary/aromatic N) is 3. The van der Waals surface area contributed by atoms with Gasteiger partial charge in [0.15, 0.2) is 5.70 Å². The van der Waals surface area contributed by atoms with Gasteiger partial charge in [-0.2, -0.15) is 5.10 Å². The third kappa shape index (κ3) is 1.83. The second-order valence-electron chi connectivity index (χ2n) is 4.05. The predicted molar refractivity (Wildman–Crippen MR) is 67.4 cm³/mol. The van der Waals surface area contributed by atoms with Gasteiger partial charge >= 0.3 is 0 Å². The van der Waals surface area contributed by atoms with Gasteiger partial charge in [0, 0.05) is 12.3 Å². The van der Waals surface area contributed by atoms with Crippen LogP contribution in [-0.2, 0) is 0 Å². The summed E-state index contributed by atoms with van der Waals surface area (Å²) >= 11 is 0. The lowest BCUT2D eigenvalue weighted by atomic mass is 10.1. The van der Waals surface area contributed by atoms with E-state index in [9.17, 15) is 5.21 Å². The molecule has 0 amide bonds. The summed E-state index contributed by atoms with van der Waals surface area (Å²) in [7, 11) is 0. The molecule has 0 radical (unpaired) electrons. The second kappa shape index (κ2) is 4.17. The van der Waals surface area contributed by atoms with Crippen molar-refractivity contribution in [3.63, 3.8) is 0 Å². The van der Waals surface area contributed by atoms with E-state index in [1.807, 2.05) is 25.1 Å². The Bertz CT molecular complexity index is 630. The van der Waals surface area contributed by atoms with Crippen LogP contribution in [0.15, 0.2) is 35.6 Å². The molecule has 0 saturated carbocycles. The fourth-order valence-electron chi connectivity index (χ4n) is 1.86. The van der Waals surface area contributed by atoms with Crippen LogP contribution in [0.5, 0.6) is 0 Å². The number of aromatic nitrogens is 3. The first-order chi connectivity index (χ1) is 8.74. The number of rotatable bonds is 2. The minimum atomic E-state index is -0.247. The smallest absolute Gasteiger partial charge is 0.185 e. The van der Waals surface area contributed by atoms with Gasteiger partial charge in [-0.15, -0.1) is 0 Å². The largest absolute Gasteiger partial charge is 0.601 e. The average Bonchev–Trinajstić information content (AvgIpc) is 2.98. The van der Waals surface area contributed by atoms with Gasteiger partial charge in [-0.3, -0.25) is 5.10 Å². The van der Waals surface area contributed by atoms with Crippen LogP contribution in [0, 0.1) is 12.1 Å². The molecule has 0 bridgehead atoms. The van der Waals surface area contributed by atoms with E-state index >= 15 is 0 Å². The van der Waals surface area contributed by atoms with Crippen LogP contribution < -0.4 is 5.17 Å². The molecule has 0 fully saturated rings. The second-order valence-corrected chi connectivity index (χ2v) is 4.05. The van der Waals surface area contributed by atoms with Crippen LogP contribution in [0.2, 0.25) is 0 Å². The highest BCUT2D eigenvalue weighted by Gasteiger charge is 2.16. The molecule has 3 rings (SSSR count). The quantitative estimate of drug-likeness (QED) is 0.751. The lowest BCUT2D eigenvalue weighted by Crippen LogP contribution is -2.98. The minimum absolute atomic E-state index is 0.247. The van der Waals surface area contributed by atoms with E-state index in [0.717, 1.165) is 17.0 Å². The van der Waals surface area contributed by atoms with Crippen LogP contribution in [0.4, 0.5) is 0 Å². The Hall–Kier alpha value is -2.31. The molecule has 0 saturated heterocycles. The molecule has 1 aliphatic rings. The highest BCUT2D eigenvalue weighted by atomic mass is 16.5. The number of aryl methyl sites for hydroxylation is 1. The zero-order valence-corrected chi connectivity index (χ0v) is 9.71. The maximum Gasteiger partial charge on any atom is 0.185 e. The van der Waals surface area contributed by atoms with Gasteiger partial charge in [0.1, 0.15) is 5.69 Å². The molecule has 6 heteroatoms. The van der Waals surface area contributed by atoms with Crippen molar-refractivity contribution in [3.8, 4) is 11.4 Å². The topological polar surface area (TPSA) is 81.4 Å². The Morgan fingerprint density at radius 1 is 1.28 bits per heavy atom. The summed E-state index contributed by atoms with van der Waals surface area (Å²) in [6, 6.07) is 5.66. The van der Waals surface area contributed by atoms with Crippen LogP contribution in [0.3, 0.4) is 0 Å². The minimum Gasteiger partial charge on any atom is -0.601 e. The van der Waals surface area contributed by atoms with Gasteiger partial charge in [-0.1, -0.05) is 5.10 Å². The summed E-state index contributed by atoms with van der Waals surface area (Å²) < 4.78 is 0. The summed E-state index contributed by atoms with van der Waals surface area (Å²) in [6.07, 6.45) is 4.85. The first-order valence-corrected chi connectivity index (χ1v) is 5.51. The summed E-state index contributed by atoms with van der Waals surface area (Å²) in [5, 5.41) is 21.8. The number of hydrogen-bond donors (Lipinski definition) is 2. The monoisotopic (exact) mass is 241 g/mol. The van der Waals surface area contributed by atoms with Gasteiger partial charge < -0.3 is 5.21 Å². The molecule has 0 aliphatic carbocycles. The maximum absolute atomic E-state index is 11.6. The van der Waals surface area contributed by atoms with E-state index in [-0.39, 0.29) is 5.17 Å². The van der Waals surface area contributed by atoms with Crippen LogP contribution in [-0.4, -0.2) is 21.4 Å². The Kier molecular flexibility index (Phi) is 2.51. The van der Waals surface area contributed by atoms with Crippen molar-refractivity contribution in [1.82, 2.24) is 15.2 Å². The molecule has 0 spiro atoms. The highest BCUT2D eigenvalue weighted by molar-refractivity contribution is 5.83. The Morgan fingerprint density at radius 3 is 2.78 bits per heavy atom. The molecule has 1 unspecified atom stereocenters. The summed E-state index contributed by atoms with van der Waals surface area (Å²) in [5.41, 5.74) is 3.79. The van der Waals surface area contributed by atoms with Crippen molar-refractivity contribution in [2.45, 2.75) is 6.92 Å². The van der Waals surface area contributed by atoms with Crippen molar-refractivity contribution < 1.29 is 5.17 Å². The van der Waals surface area contributed by atoms with Crippen molar-refractivity contribution in [3.05, 3.63) is 46.9 Å². The lowest BCUT2D eigenvalue weighted by molar-refractivity contribution is -0.773. The summed E-state index contributed by atoms with van der Waals surface area (Å²) in [4.78, 5) is 4.47. The third-order valence-corrected chi connectivity index (χ3v) is 2.69. The van der Waals surface area contributed by atoms with E-state index in [2.05, 4.69) is 20.3 Å². The number of hydrogen-bond acceptors (Lipinski definition) is 4. The Labute approximate surface area is 103 Å². The first kappa shape index (κ1) is 10.8. The maximum atomic E-state index is 11.6. The van der Waals surface area contributed by atoms with Gasteiger partial charge in [0.2, 0.25) is 0 Å². The number of nitrogens with one attached hydrogen (secondary N) is 2. The zero-order valence-electron chi connectivity index (χ0n) is 9.71. The molecule has 1 atom stereocenters. The molecule has 0 aromatic carbocycles. The molecule has 2 aromatic heterocycles. The molecule has 18 heavy (non-hydrogen) atoms. The number of quaternary nitrogens is 1. The predicted octanol–water partition coefficient (Wildman–Crippen LogP) is 0.503. The number of allylic oxidation sites excluding steroid dienone is 1. The number of hydroxylamine groups is 1. The number of H-pyrrole nitrogens is 1. The third-order valence-electron chi connectivity index (χ3n) is 2.69. The van der Waals surface area contributed by atoms with Crippen LogP contribution in [0.1, 0.15) is 11.3 Å². The summed E-state index contributed by atoms with van der Waals surface area (Å²) in [5.74, 6) is 0. The Balaban J connectivity index is 2.07. The van der Waals surface area contributed by atoms with Crippen LogP contribution >= 0.6 is 0 Å². The van der Waals surface area contributed by atoms with Crippen molar-refractivity contribution in [1.29, 1.82) is 0 Å². The Morgan fingerprint density at radius 2 is 2.11 bits per heavy atom. The molecular formula is C12H11N5O. The SMILES string of the molecule is Cc1cc(C2=CC=N[NH+]2[O-])nc(-c2ccn[nH]2)c1. The van der Waals surface area contributed by atoms with Crippen molar-refractivity contribution >= 4 is 11.9 Å². The van der Waals surface area contributed by atoms with Gasteiger partial charge in [-0.25, -0.2) is 10.2 Å². The molecule has 2 N–H and O–H groups in total. The van der Waals surface area contributed by atoms with E-state index in [4.69, 9.17) is 0 Å². The first-order valence-electron chi connectivity index (χ1n) is 5.51. The molecule has 2 aromatic rings. The van der Waals surface area contributed by atoms with E-state index < -0.39 is 0 Å². The molecular weight excluding hydrogens is 230 g/mol. The standard InChI is InChI=1S/C12H11N5O/c1-8-6-10(9-2-4-13-16-9)15-11(7-8)12-3-5-14-17(12)18/h2-7,17H,1H3,(H,13,16). The fourth-order valence-corrected chi connectivity index (χ4v) is 1.86.